The van der Waals surface area contributed by atoms with Crippen molar-refractivity contribution in [1.29, 1.82) is 0 Å². The van der Waals surface area contributed by atoms with E-state index >= 15 is 0 Å². The average molecular weight is 477 g/mol. The van der Waals surface area contributed by atoms with Gasteiger partial charge in [-0.3, -0.25) is 0 Å². The van der Waals surface area contributed by atoms with E-state index in [0.717, 1.165) is 51.4 Å². The van der Waals surface area contributed by atoms with Crippen LogP contribution in [0, 0.1) is 5.21 Å². The minimum atomic E-state index is -2.94. The molecular formula is C24H26F2N2O4S. The summed E-state index contributed by atoms with van der Waals surface area (Å²) < 4.78 is 37.3. The average Bonchev–Trinajstić information content (AvgIpc) is 3.22. The van der Waals surface area contributed by atoms with Gasteiger partial charge < -0.3 is 19.8 Å². The molecule has 1 atom stereocenters. The number of hydrogen-bond donors (Lipinski definition) is 1. The first kappa shape index (κ1) is 23.4. The van der Waals surface area contributed by atoms with Crippen molar-refractivity contribution >= 4 is 11.3 Å². The number of pyridine rings is 1. The van der Waals surface area contributed by atoms with Crippen molar-refractivity contribution in [1.82, 2.24) is 4.98 Å². The van der Waals surface area contributed by atoms with Gasteiger partial charge in [0.15, 0.2) is 23.9 Å². The normalized spacial score (nSPS) is 14.8. The molecule has 2 heterocycles. The number of aryl methyl sites for hydroxylation is 1. The van der Waals surface area contributed by atoms with E-state index in [1.807, 2.05) is 12.3 Å². The van der Waals surface area contributed by atoms with Crippen LogP contribution in [0.15, 0.2) is 48.9 Å². The van der Waals surface area contributed by atoms with Gasteiger partial charge in [0.05, 0.1) is 6.10 Å². The zero-order valence-corrected chi connectivity index (χ0v) is 18.8. The molecule has 0 spiro atoms. The van der Waals surface area contributed by atoms with Gasteiger partial charge in [-0.05, 0) is 62.3 Å². The highest BCUT2D eigenvalue weighted by molar-refractivity contribution is 7.11. The van der Waals surface area contributed by atoms with Gasteiger partial charge in [0.2, 0.25) is 0 Å². The Morgan fingerprint density at radius 1 is 1.24 bits per heavy atom. The Kier molecular flexibility index (Phi) is 7.72. The van der Waals surface area contributed by atoms with Crippen LogP contribution in [-0.2, 0) is 12.8 Å². The first-order valence-electron chi connectivity index (χ1n) is 11.0. The quantitative estimate of drug-likeness (QED) is 0.323. The molecule has 0 saturated heterocycles. The molecule has 3 aromatic rings. The first-order valence-corrected chi connectivity index (χ1v) is 11.8. The highest BCUT2D eigenvalue weighted by atomic mass is 32.1. The Bertz CT molecular complexity index is 1060. The van der Waals surface area contributed by atoms with Crippen LogP contribution in [0.25, 0.3) is 0 Å². The number of hydrogen-bond acceptors (Lipinski definition) is 6. The van der Waals surface area contributed by atoms with Crippen LogP contribution in [0.2, 0.25) is 0 Å². The number of halogens is 2. The van der Waals surface area contributed by atoms with Crippen LogP contribution < -0.4 is 14.2 Å². The number of thiazole rings is 1. The summed E-state index contributed by atoms with van der Waals surface area (Å²) in [5.41, 5.74) is 1.68. The maximum absolute atomic E-state index is 13.0. The summed E-state index contributed by atoms with van der Waals surface area (Å²) in [5, 5.41) is 21.8. The molecule has 0 aliphatic heterocycles. The Morgan fingerprint density at radius 2 is 2.09 bits per heavy atom. The number of aromatic nitrogens is 2. The molecule has 1 saturated carbocycles. The lowest BCUT2D eigenvalue weighted by molar-refractivity contribution is -0.605. The molecule has 1 aliphatic carbocycles. The van der Waals surface area contributed by atoms with Gasteiger partial charge >= 0.3 is 6.61 Å². The summed E-state index contributed by atoms with van der Waals surface area (Å²) in [4.78, 5) is 5.67. The monoisotopic (exact) mass is 476 g/mol. The number of rotatable bonds is 11. The predicted molar refractivity (Wildman–Crippen MR) is 120 cm³/mol. The molecule has 1 aromatic carbocycles. The van der Waals surface area contributed by atoms with E-state index in [4.69, 9.17) is 14.6 Å². The van der Waals surface area contributed by atoms with Crippen molar-refractivity contribution < 1.29 is 28.1 Å². The predicted octanol–water partition coefficient (Wildman–Crippen LogP) is 4.61. The summed E-state index contributed by atoms with van der Waals surface area (Å²) in [6.07, 6.45) is 9.46. The zero-order chi connectivity index (χ0) is 23.2. The molecular weight excluding hydrogens is 450 g/mol. The summed E-state index contributed by atoms with van der Waals surface area (Å²) in [6, 6.07) is 8.59. The van der Waals surface area contributed by atoms with Gasteiger partial charge in [-0.1, -0.05) is 6.07 Å². The molecule has 1 N–H and O–H groups in total. The Morgan fingerprint density at radius 3 is 2.79 bits per heavy atom. The van der Waals surface area contributed by atoms with Crippen LogP contribution in [0.5, 0.6) is 11.5 Å². The van der Waals surface area contributed by atoms with Crippen molar-refractivity contribution in [2.75, 3.05) is 6.61 Å². The number of alkyl halides is 2. The third-order valence-corrected chi connectivity index (χ3v) is 6.83. The van der Waals surface area contributed by atoms with Crippen LogP contribution in [0.4, 0.5) is 8.78 Å². The van der Waals surface area contributed by atoms with E-state index in [1.165, 1.54) is 18.5 Å². The minimum absolute atomic E-state index is 0.00258. The van der Waals surface area contributed by atoms with Crippen LogP contribution in [-0.4, -0.2) is 29.4 Å². The Balaban J connectivity index is 1.68. The minimum Gasteiger partial charge on any atom is -0.619 e. The van der Waals surface area contributed by atoms with Gasteiger partial charge in [0, 0.05) is 35.2 Å². The molecule has 33 heavy (non-hydrogen) atoms. The lowest BCUT2D eigenvalue weighted by atomic mass is 9.92. The van der Waals surface area contributed by atoms with Crippen molar-refractivity contribution in [3.05, 3.63) is 75.1 Å². The van der Waals surface area contributed by atoms with Gasteiger partial charge in [0.25, 0.3) is 0 Å². The second kappa shape index (κ2) is 10.9. The molecule has 176 valence electrons. The smallest absolute Gasteiger partial charge is 0.387 e. The van der Waals surface area contributed by atoms with E-state index in [2.05, 4.69) is 4.98 Å². The maximum Gasteiger partial charge on any atom is 0.387 e. The molecule has 6 nitrogen and oxygen atoms in total. The van der Waals surface area contributed by atoms with Gasteiger partial charge in [-0.15, -0.1) is 11.3 Å². The highest BCUT2D eigenvalue weighted by Gasteiger charge is 2.25. The van der Waals surface area contributed by atoms with E-state index in [1.54, 1.807) is 29.5 Å². The Labute approximate surface area is 195 Å². The van der Waals surface area contributed by atoms with Crippen LogP contribution >= 0.6 is 11.3 Å². The molecule has 9 heteroatoms. The van der Waals surface area contributed by atoms with E-state index < -0.39 is 6.61 Å². The largest absolute Gasteiger partial charge is 0.619 e. The molecule has 1 aliphatic rings. The van der Waals surface area contributed by atoms with Crippen LogP contribution in [0.3, 0.4) is 0 Å². The maximum atomic E-state index is 13.0. The van der Waals surface area contributed by atoms with Crippen molar-refractivity contribution in [3.8, 4) is 11.5 Å². The molecule has 1 fully saturated rings. The van der Waals surface area contributed by atoms with Crippen LogP contribution in [0.1, 0.15) is 52.6 Å². The number of aliphatic hydroxyl groups is 1. The van der Waals surface area contributed by atoms with E-state index in [9.17, 15) is 14.0 Å². The summed E-state index contributed by atoms with van der Waals surface area (Å²) in [7, 11) is 0. The zero-order valence-electron chi connectivity index (χ0n) is 18.0. The second-order valence-corrected chi connectivity index (χ2v) is 9.22. The summed E-state index contributed by atoms with van der Waals surface area (Å²) >= 11 is 1.55. The van der Waals surface area contributed by atoms with Crippen molar-refractivity contribution in [3.63, 3.8) is 0 Å². The SMILES string of the molecule is [O-][n+]1cccc(CC(c2ccc(OC(F)F)c(OC3CCC3)c2)c2ncc(CCCO)s2)c1. The third kappa shape index (κ3) is 6.17. The molecule has 0 radical (unpaired) electrons. The van der Waals surface area contributed by atoms with Crippen molar-refractivity contribution in [2.24, 2.45) is 0 Å². The topological polar surface area (TPSA) is 78.5 Å². The standard InChI is InChI=1S/C24H26F2N2O4S/c25-24(26)32-21-9-8-17(13-22(21)31-18-5-1-6-18)20(12-16-4-2-10-28(30)15-16)23-27-14-19(33-23)7-3-11-29/h2,4,8-10,13-15,18,20,24,29H,1,3,5-7,11-12H2. The number of ether oxygens (including phenoxy) is 2. The number of aliphatic hydroxyl groups excluding tert-OH is 1. The Hall–Kier alpha value is -2.78. The van der Waals surface area contributed by atoms with Gasteiger partial charge in [0.1, 0.15) is 5.01 Å². The number of benzene rings is 1. The molecule has 2 aromatic heterocycles. The second-order valence-electron chi connectivity index (χ2n) is 8.08. The fraction of sp³-hybridized carbons (Fsp3) is 0.417. The van der Waals surface area contributed by atoms with E-state index in [0.29, 0.717) is 18.6 Å². The highest BCUT2D eigenvalue weighted by Crippen LogP contribution is 2.39. The first-order chi connectivity index (χ1) is 16.0. The lowest BCUT2D eigenvalue weighted by Gasteiger charge is -2.28. The molecule has 4 rings (SSSR count). The molecule has 0 bridgehead atoms. The van der Waals surface area contributed by atoms with Gasteiger partial charge in [-0.25, -0.2) is 4.98 Å². The summed E-state index contributed by atoms with van der Waals surface area (Å²) in [5.74, 6) is 0.107. The fourth-order valence-electron chi connectivity index (χ4n) is 3.75. The fourth-order valence-corrected chi connectivity index (χ4v) is 4.84. The molecule has 1 unspecified atom stereocenters. The molecule has 0 amide bonds. The third-order valence-electron chi connectivity index (χ3n) is 5.66. The van der Waals surface area contributed by atoms with Crippen molar-refractivity contribution in [2.45, 2.75) is 57.2 Å². The number of nitrogens with zero attached hydrogens (tertiary/aromatic N) is 2. The van der Waals surface area contributed by atoms with E-state index in [-0.39, 0.29) is 24.4 Å². The van der Waals surface area contributed by atoms with Gasteiger partial charge in [-0.2, -0.15) is 13.5 Å². The lowest BCUT2D eigenvalue weighted by Crippen LogP contribution is -2.25. The summed E-state index contributed by atoms with van der Waals surface area (Å²) in [6.45, 7) is -2.84.